The van der Waals surface area contributed by atoms with Crippen molar-refractivity contribution in [2.75, 3.05) is 6.61 Å². The van der Waals surface area contributed by atoms with Gasteiger partial charge in [-0.05, 0) is 36.5 Å². The summed E-state index contributed by atoms with van der Waals surface area (Å²) in [4.78, 5) is 12.3. The quantitative estimate of drug-likeness (QED) is 0.537. The molecule has 1 unspecified atom stereocenters. The van der Waals surface area contributed by atoms with Gasteiger partial charge in [-0.3, -0.25) is 4.84 Å². The smallest absolute Gasteiger partial charge is 0.193 e. The standard InChI is InChI=1S/C25H39NO4Si/c1-24(2,3)31(4,5)29-22-16-25(15-19-17-27-26(30-25)23(19)22)28-21-14-10-9-13-20(21)18-11-7-6-8-12-18/h6-8,11-12,19-23H,9-10,13-17H2,1-5H3/t19-,20+,21-,22+,23+,25-/m1/s1. The van der Waals surface area contributed by atoms with Gasteiger partial charge in [0.1, 0.15) is 0 Å². The molecule has 5 fully saturated rings. The van der Waals surface area contributed by atoms with Crippen LogP contribution >= 0.6 is 0 Å². The van der Waals surface area contributed by atoms with Crippen LogP contribution < -0.4 is 0 Å². The van der Waals surface area contributed by atoms with Crippen molar-refractivity contribution in [3.05, 3.63) is 35.9 Å². The zero-order chi connectivity index (χ0) is 21.9. The first kappa shape index (κ1) is 22.1. The summed E-state index contributed by atoms with van der Waals surface area (Å²) in [5.41, 5.74) is 1.39. The average Bonchev–Trinajstić information content (AvgIpc) is 3.03. The molecule has 0 amide bonds. The number of hydrogen-bond acceptors (Lipinski definition) is 5. The zero-order valence-electron chi connectivity index (χ0n) is 19.8. The fourth-order valence-corrected chi connectivity index (χ4v) is 7.09. The number of hydroxylamine groups is 2. The van der Waals surface area contributed by atoms with Gasteiger partial charge < -0.3 is 9.16 Å². The second-order valence-corrected chi connectivity index (χ2v) is 16.4. The number of hydrogen-bond donors (Lipinski definition) is 0. The minimum atomic E-state index is -1.91. The van der Waals surface area contributed by atoms with Crippen LogP contribution in [0, 0.1) is 5.92 Å². The lowest BCUT2D eigenvalue weighted by Crippen LogP contribution is -2.66. The highest BCUT2D eigenvalue weighted by atomic mass is 28.4. The molecule has 6 heteroatoms. The van der Waals surface area contributed by atoms with Crippen molar-refractivity contribution in [1.29, 1.82) is 0 Å². The van der Waals surface area contributed by atoms with Gasteiger partial charge in [0.15, 0.2) is 14.1 Å². The van der Waals surface area contributed by atoms with Gasteiger partial charge in [-0.25, -0.2) is 4.84 Å². The summed E-state index contributed by atoms with van der Waals surface area (Å²) in [5, 5.41) is 1.92. The first-order valence-corrected chi connectivity index (χ1v) is 15.1. The molecule has 7 atom stereocenters. The van der Waals surface area contributed by atoms with E-state index in [4.69, 9.17) is 18.8 Å². The Morgan fingerprint density at radius 2 is 1.77 bits per heavy atom. The van der Waals surface area contributed by atoms with Crippen LogP contribution in [0.1, 0.15) is 70.8 Å². The van der Waals surface area contributed by atoms with Crippen molar-refractivity contribution in [2.45, 2.75) is 107 Å². The molecule has 2 aliphatic carbocycles. The maximum Gasteiger partial charge on any atom is 0.193 e. The minimum absolute atomic E-state index is 0.106. The molecule has 0 spiro atoms. The normalized spacial score (nSPS) is 40.3. The van der Waals surface area contributed by atoms with Crippen LogP contribution in [-0.2, 0) is 18.8 Å². The maximum atomic E-state index is 6.98. The Hall–Kier alpha value is -0.763. The Morgan fingerprint density at radius 1 is 1.03 bits per heavy atom. The van der Waals surface area contributed by atoms with E-state index < -0.39 is 14.1 Å². The summed E-state index contributed by atoms with van der Waals surface area (Å²) in [6, 6.07) is 11.1. The van der Waals surface area contributed by atoms with E-state index in [1.807, 2.05) is 0 Å². The van der Waals surface area contributed by atoms with Crippen LogP contribution in [0.2, 0.25) is 18.1 Å². The number of nitrogens with zero attached hydrogens (tertiary/aromatic N) is 1. The van der Waals surface area contributed by atoms with Crippen molar-refractivity contribution in [1.82, 2.24) is 5.23 Å². The van der Waals surface area contributed by atoms with Crippen LogP contribution in [0.4, 0.5) is 0 Å². The fraction of sp³-hybridized carbons (Fsp3) is 0.760. The summed E-state index contributed by atoms with van der Waals surface area (Å²) < 4.78 is 13.9. The van der Waals surface area contributed by atoms with E-state index >= 15 is 0 Å². The third-order valence-electron chi connectivity index (χ3n) is 8.41. The predicted molar refractivity (Wildman–Crippen MR) is 123 cm³/mol. The fourth-order valence-electron chi connectivity index (χ4n) is 5.76. The summed E-state index contributed by atoms with van der Waals surface area (Å²) in [6.45, 7) is 12.3. The SMILES string of the molecule is CC(C)(C)[Si](C)(C)O[C@H]1C[C@@]2(O[C@@H]3CCCC[C@H]3c3ccccc3)C[C@@H]3CON(O2)[C@@H]31. The van der Waals surface area contributed by atoms with Gasteiger partial charge >= 0.3 is 0 Å². The largest absolute Gasteiger partial charge is 0.412 e. The Bertz CT molecular complexity index is 765. The van der Waals surface area contributed by atoms with Crippen LogP contribution in [-0.4, -0.2) is 44.2 Å². The molecule has 3 aliphatic heterocycles. The molecule has 5 nitrogen and oxygen atoms in total. The van der Waals surface area contributed by atoms with E-state index in [0.717, 1.165) is 19.3 Å². The van der Waals surface area contributed by atoms with Crippen LogP contribution in [0.25, 0.3) is 0 Å². The summed E-state index contributed by atoms with van der Waals surface area (Å²) >= 11 is 0. The molecular weight excluding hydrogens is 406 g/mol. The Kier molecular flexibility index (Phi) is 5.64. The summed E-state index contributed by atoms with van der Waals surface area (Å²) in [5.74, 6) is 0.217. The van der Waals surface area contributed by atoms with Crippen molar-refractivity contribution in [3.63, 3.8) is 0 Å². The van der Waals surface area contributed by atoms with Crippen molar-refractivity contribution in [3.8, 4) is 0 Å². The van der Waals surface area contributed by atoms with E-state index in [9.17, 15) is 0 Å². The monoisotopic (exact) mass is 445 g/mol. The molecule has 1 aromatic carbocycles. The lowest BCUT2D eigenvalue weighted by atomic mass is 9.77. The molecule has 3 heterocycles. The molecule has 0 N–H and O–H groups in total. The van der Waals surface area contributed by atoms with Gasteiger partial charge in [0, 0.05) is 24.7 Å². The number of rotatable bonds is 5. The van der Waals surface area contributed by atoms with Gasteiger partial charge in [0.05, 0.1) is 24.9 Å². The first-order chi connectivity index (χ1) is 14.7. The maximum absolute atomic E-state index is 6.98. The Labute approximate surface area is 188 Å². The molecule has 0 aromatic heterocycles. The lowest BCUT2D eigenvalue weighted by molar-refractivity contribution is -0.494. The van der Waals surface area contributed by atoms with Crippen molar-refractivity contribution < 1.29 is 18.8 Å². The molecule has 0 radical (unpaired) electrons. The highest BCUT2D eigenvalue weighted by molar-refractivity contribution is 6.74. The molecule has 3 saturated heterocycles. The molecule has 1 aromatic rings. The first-order valence-electron chi connectivity index (χ1n) is 12.2. The van der Waals surface area contributed by atoms with Gasteiger partial charge in [0.25, 0.3) is 0 Å². The van der Waals surface area contributed by atoms with Crippen LogP contribution in [0.15, 0.2) is 30.3 Å². The highest BCUT2D eigenvalue weighted by Crippen LogP contribution is 2.53. The Balaban J connectivity index is 1.38. The molecule has 6 rings (SSSR count). The third kappa shape index (κ3) is 4.04. The van der Waals surface area contributed by atoms with Crippen molar-refractivity contribution in [2.24, 2.45) is 5.92 Å². The molecular formula is C25H39NO4Si. The summed E-state index contributed by atoms with van der Waals surface area (Å²) in [7, 11) is -1.91. The topological polar surface area (TPSA) is 40.2 Å². The van der Waals surface area contributed by atoms with Gasteiger partial charge in [0.2, 0.25) is 0 Å². The van der Waals surface area contributed by atoms with Gasteiger partial charge in [-0.1, -0.05) is 69.2 Å². The number of benzene rings is 1. The molecule has 4 bridgehead atoms. The second kappa shape index (κ2) is 7.92. The highest BCUT2D eigenvalue weighted by Gasteiger charge is 2.63. The molecule has 5 aliphatic rings. The van der Waals surface area contributed by atoms with Gasteiger partial charge in [-0.15, -0.1) is 0 Å². The van der Waals surface area contributed by atoms with Gasteiger partial charge in [-0.2, -0.15) is 0 Å². The van der Waals surface area contributed by atoms with E-state index in [2.05, 4.69) is 64.2 Å². The lowest BCUT2D eigenvalue weighted by Gasteiger charge is -2.55. The number of fused-ring (bicyclic) bond motifs is 1. The van der Waals surface area contributed by atoms with Crippen molar-refractivity contribution >= 4 is 8.32 Å². The average molecular weight is 446 g/mol. The molecule has 172 valence electrons. The van der Waals surface area contributed by atoms with E-state index in [1.54, 1.807) is 5.23 Å². The minimum Gasteiger partial charge on any atom is -0.412 e. The Morgan fingerprint density at radius 3 is 2.48 bits per heavy atom. The molecule has 31 heavy (non-hydrogen) atoms. The predicted octanol–water partition coefficient (Wildman–Crippen LogP) is 5.79. The van der Waals surface area contributed by atoms with Crippen LogP contribution in [0.3, 0.4) is 0 Å². The number of ether oxygens (including phenoxy) is 1. The third-order valence-corrected chi connectivity index (χ3v) is 12.9. The van der Waals surface area contributed by atoms with Crippen LogP contribution in [0.5, 0.6) is 0 Å². The zero-order valence-corrected chi connectivity index (χ0v) is 20.8. The van der Waals surface area contributed by atoms with E-state index in [-0.39, 0.29) is 23.3 Å². The molecule has 2 saturated carbocycles. The summed E-state index contributed by atoms with van der Waals surface area (Å²) in [6.07, 6.45) is 6.76. The van der Waals surface area contributed by atoms with E-state index in [1.165, 1.54) is 24.8 Å². The van der Waals surface area contributed by atoms with E-state index in [0.29, 0.717) is 18.4 Å². The second-order valence-electron chi connectivity index (χ2n) is 11.6.